The summed E-state index contributed by atoms with van der Waals surface area (Å²) in [5.41, 5.74) is 0.690. The van der Waals surface area contributed by atoms with E-state index in [0.717, 1.165) is 47.6 Å². The van der Waals surface area contributed by atoms with Crippen molar-refractivity contribution < 1.29 is 17.9 Å². The summed E-state index contributed by atoms with van der Waals surface area (Å²) in [5, 5.41) is 3.66. The van der Waals surface area contributed by atoms with E-state index in [1.54, 1.807) is 7.11 Å². The van der Waals surface area contributed by atoms with Gasteiger partial charge in [0.25, 0.3) is 5.78 Å². The zero-order valence-electron chi connectivity index (χ0n) is 15.4. The molecule has 0 aliphatic carbocycles. The molecule has 0 saturated carbocycles. The number of nitrogens with zero attached hydrogens (tertiary/aromatic N) is 5. The average molecular weight is 391 g/mol. The van der Waals surface area contributed by atoms with Gasteiger partial charge in [-0.15, -0.1) is 0 Å². The first-order valence-corrected chi connectivity index (χ1v) is 9.07. The predicted octanol–water partition coefficient (Wildman–Crippen LogP) is 3.53. The number of fused-ring (bicyclic) bond motifs is 1. The molecule has 28 heavy (non-hydrogen) atoms. The highest BCUT2D eigenvalue weighted by Gasteiger charge is 2.36. The van der Waals surface area contributed by atoms with Crippen LogP contribution in [-0.4, -0.2) is 44.7 Å². The van der Waals surface area contributed by atoms with Crippen LogP contribution in [-0.2, 0) is 12.7 Å². The molecule has 0 bridgehead atoms. The smallest absolute Gasteiger partial charge is 0.433 e. The number of benzene rings is 1. The molecule has 6 nitrogen and oxygen atoms in total. The Morgan fingerprint density at radius 3 is 2.89 bits per heavy atom. The van der Waals surface area contributed by atoms with Crippen LogP contribution in [0.1, 0.15) is 35.7 Å². The maximum absolute atomic E-state index is 13.4. The van der Waals surface area contributed by atoms with Crippen molar-refractivity contribution in [3.05, 3.63) is 53.6 Å². The lowest BCUT2D eigenvalue weighted by atomic mass is 9.93. The number of piperidine rings is 1. The van der Waals surface area contributed by atoms with Gasteiger partial charge in [-0.1, -0.05) is 12.1 Å². The minimum atomic E-state index is -4.52. The first kappa shape index (κ1) is 18.7. The van der Waals surface area contributed by atoms with Gasteiger partial charge in [-0.05, 0) is 43.1 Å². The number of alkyl halides is 3. The molecule has 1 aliphatic heterocycles. The second-order valence-electron chi connectivity index (χ2n) is 6.96. The van der Waals surface area contributed by atoms with Crippen LogP contribution in [0.15, 0.2) is 36.7 Å². The van der Waals surface area contributed by atoms with E-state index >= 15 is 0 Å². The zero-order valence-corrected chi connectivity index (χ0v) is 15.4. The number of halogens is 3. The zero-order chi connectivity index (χ0) is 19.7. The molecular formula is C19H20F3N5O. The van der Waals surface area contributed by atoms with Gasteiger partial charge >= 0.3 is 6.18 Å². The standard InChI is InChI=1S/C19H20F3N5O/c1-28-15-6-2-4-13(8-15)10-26-7-3-5-14(11-26)16-9-17(19(20,21)22)27-18(25-16)23-12-24-27/h2,4,6,8-9,12,14H,3,5,7,10-11H2,1H3/t14-/m0/s1. The molecule has 1 aromatic carbocycles. The molecule has 9 heteroatoms. The summed E-state index contributed by atoms with van der Waals surface area (Å²) in [7, 11) is 1.63. The van der Waals surface area contributed by atoms with Crippen molar-refractivity contribution in [1.29, 1.82) is 0 Å². The number of hydrogen-bond donors (Lipinski definition) is 0. The summed E-state index contributed by atoms with van der Waals surface area (Å²) in [6.07, 6.45) is -1.73. The maximum atomic E-state index is 13.4. The number of aromatic nitrogens is 4. The maximum Gasteiger partial charge on any atom is 0.433 e. The predicted molar refractivity (Wildman–Crippen MR) is 96.0 cm³/mol. The van der Waals surface area contributed by atoms with Gasteiger partial charge in [-0.2, -0.15) is 27.8 Å². The third-order valence-corrected chi connectivity index (χ3v) is 5.03. The molecule has 2 aromatic heterocycles. The molecule has 1 aliphatic rings. The third-order valence-electron chi connectivity index (χ3n) is 5.03. The normalized spacial score (nSPS) is 18.5. The second-order valence-corrected chi connectivity index (χ2v) is 6.96. The largest absolute Gasteiger partial charge is 0.497 e. The van der Waals surface area contributed by atoms with Crippen LogP contribution in [0.2, 0.25) is 0 Å². The monoisotopic (exact) mass is 391 g/mol. The van der Waals surface area contributed by atoms with Crippen molar-refractivity contribution in [2.75, 3.05) is 20.2 Å². The van der Waals surface area contributed by atoms with E-state index in [0.29, 0.717) is 18.8 Å². The van der Waals surface area contributed by atoms with E-state index in [-0.39, 0.29) is 11.7 Å². The van der Waals surface area contributed by atoms with E-state index in [2.05, 4.69) is 20.0 Å². The molecule has 4 rings (SSSR count). The molecule has 0 spiro atoms. The van der Waals surface area contributed by atoms with Crippen molar-refractivity contribution in [1.82, 2.24) is 24.5 Å². The van der Waals surface area contributed by atoms with Crippen LogP contribution >= 0.6 is 0 Å². The fourth-order valence-corrected chi connectivity index (χ4v) is 3.71. The average Bonchev–Trinajstić information content (AvgIpc) is 3.15. The first-order valence-electron chi connectivity index (χ1n) is 9.07. The Bertz CT molecular complexity index is 972. The van der Waals surface area contributed by atoms with Crippen LogP contribution in [0.4, 0.5) is 13.2 Å². The molecule has 1 fully saturated rings. The first-order chi connectivity index (χ1) is 13.4. The fourth-order valence-electron chi connectivity index (χ4n) is 3.71. The highest BCUT2D eigenvalue weighted by molar-refractivity contribution is 5.33. The summed E-state index contributed by atoms with van der Waals surface area (Å²) in [4.78, 5) is 10.5. The number of ether oxygens (including phenoxy) is 1. The highest BCUT2D eigenvalue weighted by Crippen LogP contribution is 2.33. The molecule has 1 atom stereocenters. The summed E-state index contributed by atoms with van der Waals surface area (Å²) in [6, 6.07) is 8.94. The Balaban J connectivity index is 1.57. The van der Waals surface area contributed by atoms with E-state index < -0.39 is 11.9 Å². The lowest BCUT2D eigenvalue weighted by Gasteiger charge is -2.32. The summed E-state index contributed by atoms with van der Waals surface area (Å²) in [6.45, 7) is 2.26. The topological polar surface area (TPSA) is 55.6 Å². The van der Waals surface area contributed by atoms with Gasteiger partial charge in [0.05, 0.1) is 12.8 Å². The molecule has 1 saturated heterocycles. The van der Waals surface area contributed by atoms with Crippen LogP contribution in [0, 0.1) is 0 Å². The van der Waals surface area contributed by atoms with Crippen molar-refractivity contribution in [3.8, 4) is 5.75 Å². The van der Waals surface area contributed by atoms with Crippen LogP contribution in [0.3, 0.4) is 0 Å². The van der Waals surface area contributed by atoms with Crippen molar-refractivity contribution >= 4 is 5.78 Å². The van der Waals surface area contributed by atoms with Gasteiger partial charge in [-0.25, -0.2) is 4.98 Å². The summed E-state index contributed by atoms with van der Waals surface area (Å²) in [5.74, 6) is 0.691. The number of hydrogen-bond acceptors (Lipinski definition) is 5. The fraction of sp³-hybridized carbons (Fsp3) is 0.421. The van der Waals surface area contributed by atoms with Gasteiger partial charge in [0.2, 0.25) is 0 Å². The van der Waals surface area contributed by atoms with Crippen LogP contribution in [0.25, 0.3) is 5.78 Å². The lowest BCUT2D eigenvalue weighted by molar-refractivity contribution is -0.142. The van der Waals surface area contributed by atoms with Gasteiger partial charge in [0.15, 0.2) is 5.69 Å². The minimum absolute atomic E-state index is 0.0188. The van der Waals surface area contributed by atoms with E-state index in [4.69, 9.17) is 4.74 Å². The molecule has 0 unspecified atom stereocenters. The second kappa shape index (κ2) is 7.38. The molecule has 0 radical (unpaired) electrons. The van der Waals surface area contributed by atoms with E-state index in [1.807, 2.05) is 24.3 Å². The number of likely N-dealkylation sites (tertiary alicyclic amines) is 1. The van der Waals surface area contributed by atoms with E-state index in [9.17, 15) is 13.2 Å². The van der Waals surface area contributed by atoms with Gasteiger partial charge < -0.3 is 4.74 Å². The SMILES string of the molecule is COc1cccc(CN2CCC[C@H](c3cc(C(F)(F)F)n4ncnc4n3)C2)c1. The van der Waals surface area contributed by atoms with Gasteiger partial charge in [0, 0.05) is 19.0 Å². The Hall–Kier alpha value is -2.68. The Kier molecular flexibility index (Phi) is 4.92. The van der Waals surface area contributed by atoms with Crippen LogP contribution < -0.4 is 4.74 Å². The van der Waals surface area contributed by atoms with Crippen molar-refractivity contribution in [2.24, 2.45) is 0 Å². The quantitative estimate of drug-likeness (QED) is 0.681. The highest BCUT2D eigenvalue weighted by atomic mass is 19.4. The molecule has 3 aromatic rings. The molecule has 0 amide bonds. The van der Waals surface area contributed by atoms with Crippen molar-refractivity contribution in [3.63, 3.8) is 0 Å². The van der Waals surface area contributed by atoms with Crippen molar-refractivity contribution in [2.45, 2.75) is 31.5 Å². The molecule has 0 N–H and O–H groups in total. The third kappa shape index (κ3) is 3.80. The number of methoxy groups -OCH3 is 1. The molecule has 3 heterocycles. The minimum Gasteiger partial charge on any atom is -0.497 e. The summed E-state index contributed by atoms with van der Waals surface area (Å²) >= 11 is 0. The summed E-state index contributed by atoms with van der Waals surface area (Å²) < 4.78 is 46.3. The van der Waals surface area contributed by atoms with Gasteiger partial charge in [0.1, 0.15) is 12.1 Å². The lowest BCUT2D eigenvalue weighted by Crippen LogP contribution is -2.34. The Morgan fingerprint density at radius 1 is 1.25 bits per heavy atom. The van der Waals surface area contributed by atoms with Gasteiger partial charge in [-0.3, -0.25) is 4.90 Å². The number of rotatable bonds is 4. The Labute approximate surface area is 160 Å². The Morgan fingerprint density at radius 2 is 2.11 bits per heavy atom. The van der Waals surface area contributed by atoms with Crippen LogP contribution in [0.5, 0.6) is 5.75 Å². The van der Waals surface area contributed by atoms with E-state index in [1.165, 1.54) is 0 Å². The molecule has 148 valence electrons. The molecular weight excluding hydrogens is 371 g/mol.